The van der Waals surface area contributed by atoms with E-state index >= 15 is 0 Å². The van der Waals surface area contributed by atoms with Crippen LogP contribution < -0.4 is 0 Å². The van der Waals surface area contributed by atoms with Gasteiger partial charge in [-0.2, -0.15) is 0 Å². The first-order valence-electron chi connectivity index (χ1n) is 10.7. The van der Waals surface area contributed by atoms with Crippen LogP contribution in [0.5, 0.6) is 0 Å². The maximum Gasteiger partial charge on any atom is 0.254 e. The van der Waals surface area contributed by atoms with Crippen molar-refractivity contribution in [3.8, 4) is 10.4 Å². The molecule has 4 rings (SSSR count). The number of hydrogen-bond acceptors (Lipinski definition) is 6. The van der Waals surface area contributed by atoms with Crippen LogP contribution in [0, 0.1) is 0 Å². The third-order valence-electron chi connectivity index (χ3n) is 5.06. The number of carbonyl (C=O) groups is 1. The maximum atomic E-state index is 13.2. The Labute approximate surface area is 198 Å². The monoisotopic (exact) mass is 467 g/mol. The predicted octanol–water partition coefficient (Wildman–Crippen LogP) is 5.89. The van der Waals surface area contributed by atoms with Crippen molar-refractivity contribution in [1.82, 2.24) is 19.7 Å². The lowest BCUT2D eigenvalue weighted by Crippen LogP contribution is -2.41. The highest BCUT2D eigenvalue weighted by molar-refractivity contribution is 8.13. The van der Waals surface area contributed by atoms with Gasteiger partial charge >= 0.3 is 0 Å². The molecule has 0 N–H and O–H groups in total. The van der Waals surface area contributed by atoms with Crippen molar-refractivity contribution < 1.29 is 4.79 Å². The largest absolute Gasteiger partial charge is 0.327 e. The summed E-state index contributed by atoms with van der Waals surface area (Å²) in [6.45, 7) is 12.9. The fourth-order valence-corrected chi connectivity index (χ4v) is 4.88. The van der Waals surface area contributed by atoms with Gasteiger partial charge in [0, 0.05) is 29.2 Å². The zero-order valence-corrected chi connectivity index (χ0v) is 20.8. The molecule has 0 fully saturated rings. The van der Waals surface area contributed by atoms with Gasteiger partial charge in [-0.1, -0.05) is 38.6 Å². The first kappa shape index (κ1) is 23.9. The lowest BCUT2D eigenvalue weighted by Gasteiger charge is -2.33. The maximum absolute atomic E-state index is 13.2. The number of allylic oxidation sites excluding steroid dienone is 1. The highest BCUT2D eigenvalue weighted by Crippen LogP contribution is 2.29. The molecule has 0 radical (unpaired) electrons. The van der Waals surface area contributed by atoms with Crippen LogP contribution in [-0.4, -0.2) is 43.4 Å². The number of thiophene rings is 1. The average molecular weight is 468 g/mol. The summed E-state index contributed by atoms with van der Waals surface area (Å²) in [7, 11) is 0. The minimum Gasteiger partial charge on any atom is -0.327 e. The molecule has 1 aliphatic heterocycles. The van der Waals surface area contributed by atoms with E-state index in [1.165, 1.54) is 16.6 Å². The minimum atomic E-state index is -0.169. The van der Waals surface area contributed by atoms with Crippen LogP contribution in [0.1, 0.15) is 55.7 Å². The number of rotatable bonds is 4. The number of hydrogen-bond donors (Lipinski definition) is 0. The van der Waals surface area contributed by atoms with Gasteiger partial charge in [0.2, 0.25) is 0 Å². The van der Waals surface area contributed by atoms with Crippen molar-refractivity contribution in [2.24, 2.45) is 4.99 Å². The van der Waals surface area contributed by atoms with E-state index in [4.69, 9.17) is 0 Å². The van der Waals surface area contributed by atoms with Crippen LogP contribution in [0.2, 0.25) is 0 Å². The molecule has 0 spiro atoms. The van der Waals surface area contributed by atoms with Gasteiger partial charge in [-0.3, -0.25) is 4.79 Å². The quantitative estimate of drug-likeness (QED) is 0.354. The molecule has 6 nitrogen and oxygen atoms in total. The Morgan fingerprint density at radius 2 is 1.91 bits per heavy atom. The summed E-state index contributed by atoms with van der Waals surface area (Å²) in [6, 6.07) is 11.8. The molecule has 0 saturated carbocycles. The van der Waals surface area contributed by atoms with Crippen LogP contribution in [-0.2, 0) is 6.54 Å². The smallest absolute Gasteiger partial charge is 0.254 e. The Balaban J connectivity index is 0.00000141. The molecule has 3 aromatic rings. The van der Waals surface area contributed by atoms with Gasteiger partial charge in [0.15, 0.2) is 11.6 Å². The van der Waals surface area contributed by atoms with Crippen LogP contribution in [0.3, 0.4) is 0 Å². The van der Waals surface area contributed by atoms with E-state index in [-0.39, 0.29) is 11.9 Å². The van der Waals surface area contributed by atoms with E-state index in [2.05, 4.69) is 37.8 Å². The van der Waals surface area contributed by atoms with E-state index in [9.17, 15) is 4.79 Å². The molecule has 2 aromatic heterocycles. The summed E-state index contributed by atoms with van der Waals surface area (Å²) in [5.74, 6) is 1.53. The number of thioether (sulfide) groups is 1. The van der Waals surface area contributed by atoms with Crippen molar-refractivity contribution in [2.45, 2.75) is 40.3 Å². The molecule has 0 bridgehead atoms. The van der Waals surface area contributed by atoms with Gasteiger partial charge in [0.05, 0.1) is 6.04 Å². The standard InChI is InChI=1S/C22H23N5OS2.C2H6/c1-14(2)23-21(29-4)20-25-24-19-15(3)26(11-12-27(19)20)22(28)17-9-7-16(8-10-17)18-6-5-13-30-18;1-2/h5-10,13,15H,1,11-12H2,2-4H3;1-2H3/t15-;/m1./s1. The zero-order valence-electron chi connectivity index (χ0n) is 19.2. The fraction of sp³-hybridized carbons (Fsp3) is 0.333. The van der Waals surface area contributed by atoms with Gasteiger partial charge in [-0.25, -0.2) is 4.99 Å². The Kier molecular flexibility index (Phi) is 8.04. The first-order valence-corrected chi connectivity index (χ1v) is 12.8. The lowest BCUT2D eigenvalue weighted by atomic mass is 10.1. The summed E-state index contributed by atoms with van der Waals surface area (Å²) in [5, 5.41) is 11.6. The number of carbonyl (C=O) groups excluding carboxylic acids is 1. The van der Waals surface area contributed by atoms with Crippen molar-refractivity contribution in [3.63, 3.8) is 0 Å². The summed E-state index contributed by atoms with van der Waals surface area (Å²) < 4.78 is 2.06. The molecular formula is C24H29N5OS2. The van der Waals surface area contributed by atoms with E-state index in [1.807, 2.05) is 69.2 Å². The molecule has 0 aliphatic carbocycles. The predicted molar refractivity (Wildman–Crippen MR) is 135 cm³/mol. The summed E-state index contributed by atoms with van der Waals surface area (Å²) in [6.07, 6.45) is 1.96. The first-order chi connectivity index (χ1) is 15.5. The SMILES string of the molecule is C=C(C)N=C(SC)c1nnc2n1CCN(C(=O)c1ccc(-c3cccs3)cc1)[C@@H]2C.CC. The summed E-state index contributed by atoms with van der Waals surface area (Å²) >= 11 is 3.21. The topological polar surface area (TPSA) is 63.4 Å². The van der Waals surface area contributed by atoms with E-state index in [0.717, 1.165) is 28.0 Å². The second-order valence-electron chi connectivity index (χ2n) is 7.12. The molecule has 168 valence electrons. The molecule has 32 heavy (non-hydrogen) atoms. The molecule has 8 heteroatoms. The minimum absolute atomic E-state index is 0.0109. The second-order valence-corrected chi connectivity index (χ2v) is 8.86. The second kappa shape index (κ2) is 10.7. The third kappa shape index (κ3) is 4.86. The van der Waals surface area contributed by atoms with E-state index in [0.29, 0.717) is 18.7 Å². The van der Waals surface area contributed by atoms with Crippen molar-refractivity contribution >= 4 is 34.0 Å². The molecule has 0 unspecified atom stereocenters. The van der Waals surface area contributed by atoms with Crippen LogP contribution in [0.25, 0.3) is 10.4 Å². The van der Waals surface area contributed by atoms with E-state index in [1.54, 1.807) is 11.3 Å². The Bertz CT molecular complexity index is 1100. The van der Waals surface area contributed by atoms with Gasteiger partial charge in [0.25, 0.3) is 5.91 Å². The van der Waals surface area contributed by atoms with Crippen molar-refractivity contribution in [3.05, 3.63) is 71.3 Å². The molecule has 1 aromatic carbocycles. The normalized spacial score (nSPS) is 15.6. The number of amides is 1. The van der Waals surface area contributed by atoms with E-state index < -0.39 is 0 Å². The van der Waals surface area contributed by atoms with Crippen molar-refractivity contribution in [1.29, 1.82) is 0 Å². The van der Waals surface area contributed by atoms with Gasteiger partial charge in [-0.05, 0) is 49.2 Å². The number of aromatic nitrogens is 3. The molecule has 1 aliphatic rings. The Hall–Kier alpha value is -2.71. The number of fused-ring (bicyclic) bond motifs is 1. The zero-order chi connectivity index (χ0) is 23.3. The van der Waals surface area contributed by atoms with Crippen LogP contribution in [0.15, 0.2) is 59.0 Å². The molecule has 3 heterocycles. The van der Waals surface area contributed by atoms with Gasteiger partial charge in [0.1, 0.15) is 5.04 Å². The summed E-state index contributed by atoms with van der Waals surface area (Å²) in [5.41, 5.74) is 2.53. The molecule has 1 atom stereocenters. The summed E-state index contributed by atoms with van der Waals surface area (Å²) in [4.78, 5) is 20.7. The highest BCUT2D eigenvalue weighted by atomic mass is 32.2. The van der Waals surface area contributed by atoms with Crippen LogP contribution in [0.4, 0.5) is 0 Å². The number of aliphatic imine (C=N–C) groups is 1. The molecule has 0 saturated heterocycles. The Morgan fingerprint density at radius 3 is 2.50 bits per heavy atom. The van der Waals surface area contributed by atoms with Crippen molar-refractivity contribution in [2.75, 3.05) is 12.8 Å². The molecule has 1 amide bonds. The third-order valence-corrected chi connectivity index (χ3v) is 6.64. The average Bonchev–Trinajstić information content (AvgIpc) is 3.49. The highest BCUT2D eigenvalue weighted by Gasteiger charge is 2.32. The Morgan fingerprint density at radius 1 is 1.19 bits per heavy atom. The molecular weight excluding hydrogens is 438 g/mol. The fourth-order valence-electron chi connectivity index (χ4n) is 3.57. The number of nitrogens with zero attached hydrogens (tertiary/aromatic N) is 5. The van der Waals surface area contributed by atoms with Crippen LogP contribution >= 0.6 is 23.1 Å². The van der Waals surface area contributed by atoms with Gasteiger partial charge < -0.3 is 9.47 Å². The van der Waals surface area contributed by atoms with Gasteiger partial charge in [-0.15, -0.1) is 33.3 Å². The lowest BCUT2D eigenvalue weighted by molar-refractivity contribution is 0.0637. The number of benzene rings is 1.